The van der Waals surface area contributed by atoms with Crippen molar-refractivity contribution in [2.45, 2.75) is 50.6 Å². The van der Waals surface area contributed by atoms with Crippen LogP contribution in [0.15, 0.2) is 29.2 Å². The average Bonchev–Trinajstić information content (AvgIpc) is 2.53. The minimum atomic E-state index is -3.72. The molecule has 0 spiro atoms. The third-order valence-electron chi connectivity index (χ3n) is 4.19. The fourth-order valence-corrected chi connectivity index (χ4v) is 4.26. The van der Waals surface area contributed by atoms with Crippen LogP contribution < -0.4 is 4.72 Å². The molecule has 0 bridgehead atoms. The van der Waals surface area contributed by atoms with Gasteiger partial charge in [-0.3, -0.25) is 4.79 Å². The number of likely N-dealkylation sites (tertiary alicyclic amines) is 1. The maximum atomic E-state index is 12.8. The molecule has 0 aromatic heterocycles. The lowest BCUT2D eigenvalue weighted by atomic mass is 9.92. The minimum Gasteiger partial charge on any atom is -0.480 e. The molecule has 1 saturated heterocycles. The number of nitrogens with zero attached hydrogens (tertiary/aromatic N) is 1. The standard InChI is InChI=1S/C17H24N2O5S/c1-11(2)18-25(23,24)14-6-4-5-13(10-14)16(20)19-8-7-12(3)9-15(19)17(21)22/h4-6,10-12,15,18H,7-9H2,1-3H3,(H,21,22). The zero-order valence-corrected chi connectivity index (χ0v) is 15.4. The predicted molar refractivity (Wildman–Crippen MR) is 92.8 cm³/mol. The number of sulfonamides is 1. The van der Waals surface area contributed by atoms with Crippen LogP contribution in [-0.4, -0.2) is 48.9 Å². The summed E-state index contributed by atoms with van der Waals surface area (Å²) in [6.45, 7) is 5.72. The van der Waals surface area contributed by atoms with E-state index in [2.05, 4.69) is 4.72 Å². The fraction of sp³-hybridized carbons (Fsp3) is 0.529. The lowest BCUT2D eigenvalue weighted by Gasteiger charge is -2.36. The molecule has 25 heavy (non-hydrogen) atoms. The molecule has 0 saturated carbocycles. The first-order chi connectivity index (χ1) is 11.6. The number of carboxylic acid groups (broad SMARTS) is 1. The summed E-state index contributed by atoms with van der Waals surface area (Å²) in [5, 5.41) is 9.41. The second-order valence-corrected chi connectivity index (χ2v) is 8.50. The van der Waals surface area contributed by atoms with Crippen molar-refractivity contribution in [2.24, 2.45) is 5.92 Å². The molecule has 2 rings (SSSR count). The first-order valence-electron chi connectivity index (χ1n) is 8.28. The second-order valence-electron chi connectivity index (χ2n) is 6.79. The summed E-state index contributed by atoms with van der Waals surface area (Å²) in [5.41, 5.74) is 0.174. The van der Waals surface area contributed by atoms with Crippen molar-refractivity contribution in [1.82, 2.24) is 9.62 Å². The van der Waals surface area contributed by atoms with Crippen molar-refractivity contribution in [3.63, 3.8) is 0 Å². The summed E-state index contributed by atoms with van der Waals surface area (Å²) in [5.74, 6) is -1.27. The number of carbonyl (C=O) groups excluding carboxylic acids is 1. The summed E-state index contributed by atoms with van der Waals surface area (Å²) in [6.07, 6.45) is 1.12. The highest BCUT2D eigenvalue weighted by molar-refractivity contribution is 7.89. The molecular formula is C17H24N2O5S. The normalized spacial score (nSPS) is 21.4. The Morgan fingerprint density at radius 1 is 1.32 bits per heavy atom. The quantitative estimate of drug-likeness (QED) is 0.823. The molecular weight excluding hydrogens is 344 g/mol. The van der Waals surface area contributed by atoms with Crippen molar-refractivity contribution in [2.75, 3.05) is 6.54 Å². The number of hydrogen-bond donors (Lipinski definition) is 2. The van der Waals surface area contributed by atoms with Gasteiger partial charge in [0.1, 0.15) is 6.04 Å². The van der Waals surface area contributed by atoms with Gasteiger partial charge in [-0.15, -0.1) is 0 Å². The molecule has 0 aliphatic carbocycles. The van der Waals surface area contributed by atoms with Crippen molar-refractivity contribution in [1.29, 1.82) is 0 Å². The van der Waals surface area contributed by atoms with E-state index in [-0.39, 0.29) is 22.4 Å². The topological polar surface area (TPSA) is 104 Å². The number of benzene rings is 1. The average molecular weight is 368 g/mol. The smallest absolute Gasteiger partial charge is 0.326 e. The molecule has 1 aromatic carbocycles. The third kappa shape index (κ3) is 4.58. The number of amides is 1. The van der Waals surface area contributed by atoms with Gasteiger partial charge in [-0.1, -0.05) is 13.0 Å². The first kappa shape index (κ1) is 19.4. The van der Waals surface area contributed by atoms with Crippen LogP contribution in [0.25, 0.3) is 0 Å². The number of aliphatic carboxylic acids is 1. The maximum Gasteiger partial charge on any atom is 0.326 e. The van der Waals surface area contributed by atoms with Crippen molar-refractivity contribution in [3.05, 3.63) is 29.8 Å². The number of nitrogens with one attached hydrogen (secondary N) is 1. The van der Waals surface area contributed by atoms with Crippen LogP contribution in [0.5, 0.6) is 0 Å². The summed E-state index contributed by atoms with van der Waals surface area (Å²) >= 11 is 0. The number of carboxylic acids is 1. The van der Waals surface area contributed by atoms with Gasteiger partial charge in [0.2, 0.25) is 10.0 Å². The highest BCUT2D eigenvalue weighted by Crippen LogP contribution is 2.25. The van der Waals surface area contributed by atoms with E-state index < -0.39 is 27.9 Å². The number of carbonyl (C=O) groups is 2. The zero-order chi connectivity index (χ0) is 18.8. The summed E-state index contributed by atoms with van der Waals surface area (Å²) in [7, 11) is -3.72. The Balaban J connectivity index is 2.31. The third-order valence-corrected chi connectivity index (χ3v) is 5.85. The van der Waals surface area contributed by atoms with Crippen LogP contribution in [0.1, 0.15) is 44.0 Å². The molecule has 1 heterocycles. The Morgan fingerprint density at radius 3 is 2.60 bits per heavy atom. The van der Waals surface area contributed by atoms with Crippen molar-refractivity contribution >= 4 is 21.9 Å². The fourth-order valence-electron chi connectivity index (χ4n) is 2.96. The largest absolute Gasteiger partial charge is 0.480 e. The highest BCUT2D eigenvalue weighted by Gasteiger charge is 2.35. The zero-order valence-electron chi connectivity index (χ0n) is 14.6. The Labute approximate surface area is 148 Å². The van der Waals surface area contributed by atoms with Gasteiger partial charge in [-0.25, -0.2) is 17.9 Å². The lowest BCUT2D eigenvalue weighted by Crippen LogP contribution is -2.49. The van der Waals surface area contributed by atoms with Gasteiger partial charge in [0.05, 0.1) is 4.90 Å². The molecule has 8 heteroatoms. The van der Waals surface area contributed by atoms with Gasteiger partial charge >= 0.3 is 5.97 Å². The molecule has 2 N–H and O–H groups in total. The molecule has 0 radical (unpaired) electrons. The summed E-state index contributed by atoms with van der Waals surface area (Å²) in [6, 6.07) is 4.55. The van der Waals surface area contributed by atoms with Crippen LogP contribution in [0.4, 0.5) is 0 Å². The molecule has 2 unspecified atom stereocenters. The van der Waals surface area contributed by atoms with Crippen LogP contribution in [0, 0.1) is 5.92 Å². The van der Waals surface area contributed by atoms with E-state index in [4.69, 9.17) is 0 Å². The number of piperidine rings is 1. The van der Waals surface area contributed by atoms with E-state index in [1.165, 1.54) is 29.2 Å². The maximum absolute atomic E-state index is 12.8. The molecule has 2 atom stereocenters. The summed E-state index contributed by atoms with van der Waals surface area (Å²) in [4.78, 5) is 25.6. The van der Waals surface area contributed by atoms with E-state index in [1.807, 2.05) is 6.92 Å². The van der Waals surface area contributed by atoms with E-state index >= 15 is 0 Å². The predicted octanol–water partition coefficient (Wildman–Crippen LogP) is 1.70. The van der Waals surface area contributed by atoms with Crippen LogP contribution in [-0.2, 0) is 14.8 Å². The van der Waals surface area contributed by atoms with E-state index in [9.17, 15) is 23.1 Å². The number of hydrogen-bond acceptors (Lipinski definition) is 4. The molecule has 1 fully saturated rings. The van der Waals surface area contributed by atoms with Gasteiger partial charge in [0.25, 0.3) is 5.91 Å². The van der Waals surface area contributed by atoms with Gasteiger partial charge < -0.3 is 10.0 Å². The number of rotatable bonds is 5. The SMILES string of the molecule is CC1CCN(C(=O)c2cccc(S(=O)(=O)NC(C)C)c2)C(C(=O)O)C1. The highest BCUT2D eigenvalue weighted by atomic mass is 32.2. The van der Waals surface area contributed by atoms with Crippen molar-refractivity contribution < 1.29 is 23.1 Å². The monoisotopic (exact) mass is 368 g/mol. The van der Waals surface area contributed by atoms with Gasteiger partial charge in [-0.05, 0) is 50.8 Å². The Bertz CT molecular complexity index is 760. The van der Waals surface area contributed by atoms with Gasteiger partial charge in [-0.2, -0.15) is 0 Å². The molecule has 1 amide bonds. The Morgan fingerprint density at radius 2 is 2.00 bits per heavy atom. The lowest BCUT2D eigenvalue weighted by molar-refractivity contribution is -0.144. The van der Waals surface area contributed by atoms with Crippen LogP contribution >= 0.6 is 0 Å². The molecule has 7 nitrogen and oxygen atoms in total. The molecule has 1 aromatic rings. The van der Waals surface area contributed by atoms with E-state index in [0.717, 1.165) is 6.42 Å². The summed E-state index contributed by atoms with van der Waals surface area (Å²) < 4.78 is 27.0. The van der Waals surface area contributed by atoms with E-state index in [1.54, 1.807) is 13.8 Å². The molecule has 1 aliphatic rings. The molecule has 1 aliphatic heterocycles. The second kappa shape index (κ2) is 7.53. The molecule has 138 valence electrons. The Kier molecular flexibility index (Phi) is 5.84. The van der Waals surface area contributed by atoms with E-state index in [0.29, 0.717) is 13.0 Å². The minimum absolute atomic E-state index is 0.00991. The first-order valence-corrected chi connectivity index (χ1v) is 9.76. The van der Waals surface area contributed by atoms with Crippen molar-refractivity contribution in [3.8, 4) is 0 Å². The Hall–Kier alpha value is -1.93. The van der Waals surface area contributed by atoms with Gasteiger partial charge in [0.15, 0.2) is 0 Å². The van der Waals surface area contributed by atoms with Gasteiger partial charge in [0, 0.05) is 18.2 Å². The van der Waals surface area contributed by atoms with Crippen LogP contribution in [0.2, 0.25) is 0 Å². The van der Waals surface area contributed by atoms with Crippen LogP contribution in [0.3, 0.4) is 0 Å².